The molecule has 2 aliphatic heterocycles. The van der Waals surface area contributed by atoms with E-state index in [4.69, 9.17) is 9.47 Å². The van der Waals surface area contributed by atoms with Crippen molar-refractivity contribution >= 4 is 21.7 Å². The second-order valence-electron chi connectivity index (χ2n) is 8.70. The molecule has 0 unspecified atom stereocenters. The van der Waals surface area contributed by atoms with Crippen LogP contribution in [0, 0.1) is 5.92 Å². The van der Waals surface area contributed by atoms with Crippen molar-refractivity contribution in [3.8, 4) is 11.5 Å². The monoisotopic (exact) mass is 485 g/mol. The van der Waals surface area contributed by atoms with Crippen molar-refractivity contribution in [1.82, 2.24) is 4.90 Å². The number of nitrogens with zero attached hydrogens (tertiary/aromatic N) is 1. The summed E-state index contributed by atoms with van der Waals surface area (Å²) in [5, 5.41) is 0. The van der Waals surface area contributed by atoms with Gasteiger partial charge in [-0.15, -0.1) is 0 Å². The SMILES string of the molecule is CCCOc1cc(CC2CCN(CCc3ccc4c(c3)C(=O)CCO4)CC2)ccc1Br. The summed E-state index contributed by atoms with van der Waals surface area (Å²) in [6.45, 7) is 6.74. The van der Waals surface area contributed by atoms with Crippen LogP contribution in [0.4, 0.5) is 0 Å². The van der Waals surface area contributed by atoms with Crippen molar-refractivity contribution in [3.63, 3.8) is 0 Å². The summed E-state index contributed by atoms with van der Waals surface area (Å²) >= 11 is 3.60. The Hall–Kier alpha value is -1.85. The number of hydrogen-bond acceptors (Lipinski definition) is 4. The first kappa shape index (κ1) is 22.3. The minimum absolute atomic E-state index is 0.208. The smallest absolute Gasteiger partial charge is 0.170 e. The van der Waals surface area contributed by atoms with Crippen molar-refractivity contribution in [1.29, 1.82) is 0 Å². The predicted molar refractivity (Wildman–Crippen MR) is 127 cm³/mol. The Morgan fingerprint density at radius 3 is 2.74 bits per heavy atom. The molecule has 0 amide bonds. The number of halogens is 1. The number of ether oxygens (including phenoxy) is 2. The van der Waals surface area contributed by atoms with Crippen LogP contribution in [0.2, 0.25) is 0 Å². The molecular formula is C26H32BrNO3. The zero-order valence-corrected chi connectivity index (χ0v) is 20.0. The fraction of sp³-hybridized carbons (Fsp3) is 0.500. The van der Waals surface area contributed by atoms with Crippen LogP contribution < -0.4 is 9.47 Å². The van der Waals surface area contributed by atoms with Gasteiger partial charge in [-0.1, -0.05) is 19.1 Å². The van der Waals surface area contributed by atoms with Gasteiger partial charge >= 0.3 is 0 Å². The lowest BCUT2D eigenvalue weighted by atomic mass is 9.90. The maximum absolute atomic E-state index is 12.1. The Bertz CT molecular complexity index is 906. The summed E-state index contributed by atoms with van der Waals surface area (Å²) in [4.78, 5) is 14.7. The molecule has 0 aliphatic carbocycles. The molecule has 2 aromatic rings. The summed E-state index contributed by atoms with van der Waals surface area (Å²) in [5.74, 6) is 2.65. The number of hydrogen-bond donors (Lipinski definition) is 0. The third-order valence-electron chi connectivity index (χ3n) is 6.34. The minimum atomic E-state index is 0.208. The molecule has 0 aromatic heterocycles. The minimum Gasteiger partial charge on any atom is -0.492 e. The predicted octanol–water partition coefficient (Wildman–Crippen LogP) is 5.70. The van der Waals surface area contributed by atoms with Crippen LogP contribution in [0.3, 0.4) is 0 Å². The van der Waals surface area contributed by atoms with Gasteiger partial charge in [0.2, 0.25) is 0 Å². The van der Waals surface area contributed by atoms with E-state index in [1.165, 1.54) is 24.0 Å². The van der Waals surface area contributed by atoms with Gasteiger partial charge < -0.3 is 14.4 Å². The van der Waals surface area contributed by atoms with Gasteiger partial charge in [0, 0.05) is 13.0 Å². The van der Waals surface area contributed by atoms with Gasteiger partial charge in [-0.25, -0.2) is 0 Å². The van der Waals surface area contributed by atoms with E-state index >= 15 is 0 Å². The topological polar surface area (TPSA) is 38.8 Å². The highest BCUT2D eigenvalue weighted by Gasteiger charge is 2.21. The maximum atomic E-state index is 12.1. The zero-order chi connectivity index (χ0) is 21.6. The third kappa shape index (κ3) is 5.89. The van der Waals surface area contributed by atoms with Crippen molar-refractivity contribution in [2.45, 2.75) is 45.4 Å². The van der Waals surface area contributed by atoms with Crippen molar-refractivity contribution in [3.05, 3.63) is 57.6 Å². The van der Waals surface area contributed by atoms with E-state index in [1.54, 1.807) is 0 Å². The highest BCUT2D eigenvalue weighted by molar-refractivity contribution is 9.10. The molecule has 5 heteroatoms. The van der Waals surface area contributed by atoms with E-state index in [9.17, 15) is 4.79 Å². The average Bonchev–Trinajstić information content (AvgIpc) is 2.79. The normalized spacial score (nSPS) is 17.3. The Balaban J connectivity index is 1.25. The fourth-order valence-electron chi connectivity index (χ4n) is 4.50. The summed E-state index contributed by atoms with van der Waals surface area (Å²) in [5.41, 5.74) is 3.36. The number of piperidine rings is 1. The number of carbonyl (C=O) groups excluding carboxylic acids is 1. The van der Waals surface area contributed by atoms with Gasteiger partial charge in [0.25, 0.3) is 0 Å². The van der Waals surface area contributed by atoms with Crippen molar-refractivity contribution in [2.75, 3.05) is 32.8 Å². The maximum Gasteiger partial charge on any atom is 0.170 e. The van der Waals surface area contributed by atoms with E-state index in [1.807, 2.05) is 12.1 Å². The molecule has 31 heavy (non-hydrogen) atoms. The lowest BCUT2D eigenvalue weighted by molar-refractivity contribution is 0.0933. The largest absolute Gasteiger partial charge is 0.492 e. The Labute approximate surface area is 194 Å². The molecule has 4 rings (SSSR count). The zero-order valence-electron chi connectivity index (χ0n) is 18.4. The molecule has 4 nitrogen and oxygen atoms in total. The molecule has 0 radical (unpaired) electrons. The van der Waals surface area contributed by atoms with Gasteiger partial charge in [0.05, 0.1) is 23.2 Å². The first-order chi connectivity index (χ1) is 15.1. The van der Waals surface area contributed by atoms with E-state index in [0.29, 0.717) is 13.0 Å². The molecule has 1 saturated heterocycles. The molecule has 2 aliphatic rings. The molecular weight excluding hydrogens is 454 g/mol. The van der Waals surface area contributed by atoms with E-state index < -0.39 is 0 Å². The quantitative estimate of drug-likeness (QED) is 0.480. The molecule has 0 bridgehead atoms. The summed E-state index contributed by atoms with van der Waals surface area (Å²) < 4.78 is 12.5. The van der Waals surface area contributed by atoms with Crippen LogP contribution in [0.15, 0.2) is 40.9 Å². The third-order valence-corrected chi connectivity index (χ3v) is 6.99. The van der Waals surface area contributed by atoms with Crippen LogP contribution in [0.5, 0.6) is 11.5 Å². The number of rotatable bonds is 8. The van der Waals surface area contributed by atoms with E-state index in [0.717, 1.165) is 73.0 Å². The molecule has 2 heterocycles. The second-order valence-corrected chi connectivity index (χ2v) is 9.56. The molecule has 1 fully saturated rings. The number of Topliss-reactive ketones (excluding diaryl/α,β-unsaturated/α-hetero) is 1. The van der Waals surface area contributed by atoms with Gasteiger partial charge in [-0.2, -0.15) is 0 Å². The number of fused-ring (bicyclic) bond motifs is 1. The molecule has 0 spiro atoms. The Morgan fingerprint density at radius 2 is 1.94 bits per heavy atom. The van der Waals surface area contributed by atoms with Crippen LogP contribution in [-0.4, -0.2) is 43.5 Å². The number of ketones is 1. The van der Waals surface area contributed by atoms with E-state index in [2.05, 4.69) is 52.0 Å². The first-order valence-electron chi connectivity index (χ1n) is 11.5. The lowest BCUT2D eigenvalue weighted by Gasteiger charge is -2.32. The highest BCUT2D eigenvalue weighted by atomic mass is 79.9. The molecule has 0 atom stereocenters. The van der Waals surface area contributed by atoms with Crippen LogP contribution in [0.25, 0.3) is 0 Å². The number of likely N-dealkylation sites (tertiary alicyclic amines) is 1. The number of benzene rings is 2. The Morgan fingerprint density at radius 1 is 1.13 bits per heavy atom. The summed E-state index contributed by atoms with van der Waals surface area (Å²) in [7, 11) is 0. The van der Waals surface area contributed by atoms with E-state index in [-0.39, 0.29) is 5.78 Å². The van der Waals surface area contributed by atoms with Gasteiger partial charge in [0.15, 0.2) is 5.78 Å². The van der Waals surface area contributed by atoms with Crippen LogP contribution in [0.1, 0.15) is 54.1 Å². The summed E-state index contributed by atoms with van der Waals surface area (Å²) in [6.07, 6.45) is 6.08. The molecule has 0 N–H and O–H groups in total. The van der Waals surface area contributed by atoms with Gasteiger partial charge in [-0.05, 0) is 102 Å². The standard InChI is InChI=1S/C26H32BrNO3/c1-2-14-30-26-18-21(3-5-23(26)27)16-20-8-12-28(13-9-20)11-7-19-4-6-25-22(17-19)24(29)10-15-31-25/h3-6,17-18,20H,2,7-16H2,1H3. The van der Waals surface area contributed by atoms with Crippen molar-refractivity contribution in [2.24, 2.45) is 5.92 Å². The Kier molecular flexibility index (Phi) is 7.67. The highest BCUT2D eigenvalue weighted by Crippen LogP contribution is 2.30. The van der Waals surface area contributed by atoms with Gasteiger partial charge in [0.1, 0.15) is 11.5 Å². The summed E-state index contributed by atoms with van der Waals surface area (Å²) in [6, 6.07) is 12.6. The molecule has 2 aromatic carbocycles. The molecule has 166 valence electrons. The molecule has 0 saturated carbocycles. The fourth-order valence-corrected chi connectivity index (χ4v) is 4.86. The second kappa shape index (κ2) is 10.6. The van der Waals surface area contributed by atoms with Crippen LogP contribution in [-0.2, 0) is 12.8 Å². The van der Waals surface area contributed by atoms with Crippen molar-refractivity contribution < 1.29 is 14.3 Å². The average molecular weight is 486 g/mol. The first-order valence-corrected chi connectivity index (χ1v) is 12.3. The van der Waals surface area contributed by atoms with Gasteiger partial charge in [-0.3, -0.25) is 4.79 Å². The lowest BCUT2D eigenvalue weighted by Crippen LogP contribution is -2.35. The van der Waals surface area contributed by atoms with Crippen LogP contribution >= 0.6 is 15.9 Å². The number of carbonyl (C=O) groups is 1.